The summed E-state index contributed by atoms with van der Waals surface area (Å²) in [4.78, 5) is 0. The van der Waals surface area contributed by atoms with Crippen LogP contribution >= 0.6 is 0 Å². The standard InChI is InChI=1S/C11H24N2O4S2/c1-10(2)12-9-11(3)19(16,17)13-5-4-7-18(14,15)8-6-13/h10-12H,4-9H2,1-3H3. The van der Waals surface area contributed by atoms with E-state index in [-0.39, 0.29) is 24.1 Å². The van der Waals surface area contributed by atoms with Crippen LogP contribution in [0.3, 0.4) is 0 Å². The number of hydrogen-bond acceptors (Lipinski definition) is 5. The molecule has 6 nitrogen and oxygen atoms in total. The van der Waals surface area contributed by atoms with E-state index in [4.69, 9.17) is 0 Å². The summed E-state index contributed by atoms with van der Waals surface area (Å²) in [5.41, 5.74) is 0. The summed E-state index contributed by atoms with van der Waals surface area (Å²) in [6, 6.07) is 0.224. The fourth-order valence-electron chi connectivity index (χ4n) is 1.93. The van der Waals surface area contributed by atoms with E-state index in [1.165, 1.54) is 4.31 Å². The molecule has 1 unspecified atom stereocenters. The van der Waals surface area contributed by atoms with Crippen molar-refractivity contribution in [2.24, 2.45) is 0 Å². The van der Waals surface area contributed by atoms with Crippen molar-refractivity contribution in [1.29, 1.82) is 0 Å². The first-order valence-electron chi connectivity index (χ1n) is 6.58. The third-order valence-corrected chi connectivity index (χ3v) is 7.18. The van der Waals surface area contributed by atoms with E-state index in [1.54, 1.807) is 6.92 Å². The van der Waals surface area contributed by atoms with E-state index < -0.39 is 25.1 Å². The maximum atomic E-state index is 12.4. The second kappa shape index (κ2) is 6.51. The van der Waals surface area contributed by atoms with Crippen LogP contribution in [0.15, 0.2) is 0 Å². The maximum absolute atomic E-state index is 12.4. The Labute approximate surface area is 116 Å². The van der Waals surface area contributed by atoms with Crippen molar-refractivity contribution in [2.45, 2.75) is 38.5 Å². The van der Waals surface area contributed by atoms with Crippen molar-refractivity contribution in [1.82, 2.24) is 9.62 Å². The molecule has 1 atom stereocenters. The van der Waals surface area contributed by atoms with Crippen LogP contribution in [0.1, 0.15) is 27.2 Å². The third kappa shape index (κ3) is 5.02. The van der Waals surface area contributed by atoms with E-state index in [0.717, 1.165) is 0 Å². The van der Waals surface area contributed by atoms with Crippen LogP contribution in [0.5, 0.6) is 0 Å². The predicted molar refractivity (Wildman–Crippen MR) is 76.4 cm³/mol. The number of rotatable bonds is 5. The van der Waals surface area contributed by atoms with Crippen molar-refractivity contribution >= 4 is 19.9 Å². The summed E-state index contributed by atoms with van der Waals surface area (Å²) in [5.74, 6) is 0.00814. The molecule has 0 aromatic heterocycles. The van der Waals surface area contributed by atoms with Crippen LogP contribution in [0.25, 0.3) is 0 Å². The number of sulfonamides is 1. The van der Waals surface area contributed by atoms with E-state index >= 15 is 0 Å². The lowest BCUT2D eigenvalue weighted by atomic mass is 10.3. The van der Waals surface area contributed by atoms with Gasteiger partial charge in [-0.3, -0.25) is 0 Å². The molecule has 1 fully saturated rings. The zero-order valence-corrected chi connectivity index (χ0v) is 13.4. The van der Waals surface area contributed by atoms with Crippen molar-refractivity contribution < 1.29 is 16.8 Å². The first-order chi connectivity index (χ1) is 8.65. The normalized spacial score (nSPS) is 23.2. The van der Waals surface area contributed by atoms with E-state index in [1.807, 2.05) is 13.8 Å². The maximum Gasteiger partial charge on any atom is 0.217 e. The van der Waals surface area contributed by atoms with Crippen molar-refractivity contribution in [3.8, 4) is 0 Å². The van der Waals surface area contributed by atoms with Gasteiger partial charge >= 0.3 is 0 Å². The molecule has 0 spiro atoms. The van der Waals surface area contributed by atoms with Gasteiger partial charge in [0.25, 0.3) is 0 Å². The molecule has 19 heavy (non-hydrogen) atoms. The Balaban J connectivity index is 2.71. The first kappa shape index (κ1) is 16.9. The average molecular weight is 312 g/mol. The zero-order valence-electron chi connectivity index (χ0n) is 11.8. The summed E-state index contributed by atoms with van der Waals surface area (Å²) in [5, 5.41) is 2.55. The van der Waals surface area contributed by atoms with Crippen molar-refractivity contribution in [2.75, 3.05) is 31.1 Å². The van der Waals surface area contributed by atoms with Gasteiger partial charge in [0.1, 0.15) is 0 Å². The van der Waals surface area contributed by atoms with Crippen molar-refractivity contribution in [3.63, 3.8) is 0 Å². The molecule has 1 heterocycles. The highest BCUT2D eigenvalue weighted by Crippen LogP contribution is 2.13. The number of hydrogen-bond donors (Lipinski definition) is 1. The van der Waals surface area contributed by atoms with Gasteiger partial charge in [-0.15, -0.1) is 0 Å². The Morgan fingerprint density at radius 3 is 2.37 bits per heavy atom. The highest BCUT2D eigenvalue weighted by molar-refractivity contribution is 7.91. The van der Waals surface area contributed by atoms with Gasteiger partial charge in [-0.25, -0.2) is 21.1 Å². The second-order valence-electron chi connectivity index (χ2n) is 5.32. The van der Waals surface area contributed by atoms with Crippen LogP contribution in [0, 0.1) is 0 Å². The molecule has 1 rings (SSSR count). The highest BCUT2D eigenvalue weighted by atomic mass is 32.2. The SMILES string of the molecule is CC(C)NCC(C)S(=O)(=O)N1CCCS(=O)(=O)CC1. The molecular formula is C11H24N2O4S2. The molecule has 1 N–H and O–H groups in total. The van der Waals surface area contributed by atoms with Crippen LogP contribution < -0.4 is 5.32 Å². The number of nitrogens with zero attached hydrogens (tertiary/aromatic N) is 1. The largest absolute Gasteiger partial charge is 0.313 e. The second-order valence-corrected chi connectivity index (χ2v) is 9.98. The topological polar surface area (TPSA) is 83.6 Å². The van der Waals surface area contributed by atoms with Gasteiger partial charge in [-0.1, -0.05) is 13.8 Å². The molecule has 0 amide bonds. The Kier molecular flexibility index (Phi) is 5.78. The van der Waals surface area contributed by atoms with Crippen LogP contribution in [0.4, 0.5) is 0 Å². The zero-order chi connectivity index (χ0) is 14.7. The fraction of sp³-hybridized carbons (Fsp3) is 1.00. The fourth-order valence-corrected chi connectivity index (χ4v) is 4.86. The first-order valence-corrected chi connectivity index (χ1v) is 9.90. The van der Waals surface area contributed by atoms with Gasteiger partial charge in [-0.05, 0) is 13.3 Å². The van der Waals surface area contributed by atoms with Gasteiger partial charge in [0, 0.05) is 25.7 Å². The Hall–Kier alpha value is -0.180. The predicted octanol–water partition coefficient (Wildman–Crippen LogP) is -0.177. The van der Waals surface area contributed by atoms with Gasteiger partial charge in [-0.2, -0.15) is 0 Å². The molecule has 1 aliphatic rings. The van der Waals surface area contributed by atoms with E-state index in [0.29, 0.717) is 19.5 Å². The van der Waals surface area contributed by atoms with Crippen LogP contribution in [-0.2, 0) is 19.9 Å². The molecule has 1 aliphatic heterocycles. The van der Waals surface area contributed by atoms with Gasteiger partial charge < -0.3 is 5.32 Å². The molecule has 0 aromatic carbocycles. The lowest BCUT2D eigenvalue weighted by Crippen LogP contribution is -2.44. The quantitative estimate of drug-likeness (QED) is 0.761. The van der Waals surface area contributed by atoms with Gasteiger partial charge in [0.15, 0.2) is 9.84 Å². The summed E-state index contributed by atoms with van der Waals surface area (Å²) >= 11 is 0. The van der Waals surface area contributed by atoms with Crippen molar-refractivity contribution in [3.05, 3.63) is 0 Å². The molecule has 0 radical (unpaired) electrons. The number of sulfone groups is 1. The summed E-state index contributed by atoms with van der Waals surface area (Å²) < 4.78 is 49.0. The Bertz CT molecular complexity index is 485. The Morgan fingerprint density at radius 1 is 1.16 bits per heavy atom. The summed E-state index contributed by atoms with van der Waals surface area (Å²) in [7, 11) is -6.51. The highest BCUT2D eigenvalue weighted by Gasteiger charge is 2.31. The van der Waals surface area contributed by atoms with Crippen LogP contribution in [-0.4, -0.2) is 63.6 Å². The molecule has 0 bridgehead atoms. The van der Waals surface area contributed by atoms with E-state index in [9.17, 15) is 16.8 Å². The molecular weight excluding hydrogens is 288 g/mol. The molecule has 0 saturated carbocycles. The molecule has 8 heteroatoms. The lowest BCUT2D eigenvalue weighted by molar-refractivity contribution is 0.423. The van der Waals surface area contributed by atoms with E-state index in [2.05, 4.69) is 5.32 Å². The Morgan fingerprint density at radius 2 is 1.79 bits per heavy atom. The minimum atomic E-state index is -3.42. The minimum absolute atomic E-state index is 0.0729. The smallest absolute Gasteiger partial charge is 0.217 e. The minimum Gasteiger partial charge on any atom is -0.313 e. The third-order valence-electron chi connectivity index (χ3n) is 3.20. The number of nitrogens with one attached hydrogen (secondary N) is 1. The molecule has 114 valence electrons. The van der Waals surface area contributed by atoms with Gasteiger partial charge in [0.05, 0.1) is 16.8 Å². The summed E-state index contributed by atoms with van der Waals surface area (Å²) in [6.07, 6.45) is 0.381. The average Bonchev–Trinajstić information content (AvgIpc) is 2.47. The van der Waals surface area contributed by atoms with Crippen LogP contribution in [0.2, 0.25) is 0 Å². The monoisotopic (exact) mass is 312 g/mol. The lowest BCUT2D eigenvalue weighted by Gasteiger charge is -2.24. The molecule has 0 aromatic rings. The van der Waals surface area contributed by atoms with Gasteiger partial charge in [0.2, 0.25) is 10.0 Å². The molecule has 1 saturated heterocycles. The summed E-state index contributed by atoms with van der Waals surface area (Å²) in [6.45, 7) is 6.33. The molecule has 0 aliphatic carbocycles.